The van der Waals surface area contributed by atoms with Gasteiger partial charge in [0.1, 0.15) is 0 Å². The van der Waals surface area contributed by atoms with E-state index >= 15 is 0 Å². The number of nitrogens with one attached hydrogen (secondary N) is 1. The quantitative estimate of drug-likeness (QED) is 0.675. The van der Waals surface area contributed by atoms with Crippen molar-refractivity contribution in [3.63, 3.8) is 0 Å². The van der Waals surface area contributed by atoms with Crippen LogP contribution in [-0.2, 0) is 6.37 Å². The number of pyridine rings is 1. The molecule has 54 valence electrons. The Kier molecular flexibility index (Phi) is 1.21. The summed E-state index contributed by atoms with van der Waals surface area (Å²) in [6.45, 7) is -2.62. The van der Waals surface area contributed by atoms with E-state index in [0.717, 1.165) is 0 Å². The molecule has 0 atom stereocenters. The van der Waals surface area contributed by atoms with E-state index in [-0.39, 0.29) is 12.2 Å². The van der Waals surface area contributed by atoms with E-state index in [1.165, 1.54) is 12.3 Å². The van der Waals surface area contributed by atoms with Crippen molar-refractivity contribution in [2.24, 2.45) is 0 Å². The standard InChI is InChI=1S/C8H12N2/c1-9-7-5-8-4-2-3-6-10-8/h2-4,6,9H,5,7H2,1H3/i1D3,5D2. The van der Waals surface area contributed by atoms with Crippen molar-refractivity contribution in [1.82, 2.24) is 10.3 Å². The normalized spacial score (nSPS) is 19.8. The Labute approximate surface area is 68.3 Å². The Morgan fingerprint density at radius 3 is 3.50 bits per heavy atom. The second-order valence-corrected chi connectivity index (χ2v) is 1.75. The summed E-state index contributed by atoms with van der Waals surface area (Å²) in [6, 6.07) is 4.87. The molecule has 1 rings (SSSR count). The van der Waals surface area contributed by atoms with Gasteiger partial charge in [-0.05, 0) is 19.1 Å². The van der Waals surface area contributed by atoms with E-state index in [4.69, 9.17) is 6.85 Å². The van der Waals surface area contributed by atoms with Gasteiger partial charge < -0.3 is 5.32 Å². The fourth-order valence-electron chi connectivity index (χ4n) is 0.602. The average molecular weight is 141 g/mol. The lowest BCUT2D eigenvalue weighted by atomic mass is 10.3. The first-order chi connectivity index (χ1) is 6.81. The first-order valence-corrected chi connectivity index (χ1v) is 2.98. The minimum Gasteiger partial charge on any atom is -0.319 e. The van der Waals surface area contributed by atoms with Gasteiger partial charge >= 0.3 is 0 Å². The second kappa shape index (κ2) is 4.01. The predicted molar refractivity (Wildman–Crippen MR) is 41.9 cm³/mol. The van der Waals surface area contributed by atoms with Gasteiger partial charge in [-0.2, -0.15) is 0 Å². The zero-order valence-corrected chi connectivity index (χ0v) is 5.46. The number of aromatic nitrogens is 1. The fraction of sp³-hybridized carbons (Fsp3) is 0.375. The van der Waals surface area contributed by atoms with Gasteiger partial charge in [0.25, 0.3) is 0 Å². The summed E-state index contributed by atoms with van der Waals surface area (Å²) in [5.74, 6) is 0. The van der Waals surface area contributed by atoms with Gasteiger partial charge in [-0.1, -0.05) is 6.07 Å². The zero-order chi connectivity index (χ0) is 11.5. The number of rotatable bonds is 3. The van der Waals surface area contributed by atoms with Crippen LogP contribution in [0.1, 0.15) is 12.5 Å². The Balaban J connectivity index is 2.68. The first-order valence-electron chi connectivity index (χ1n) is 5.48. The van der Waals surface area contributed by atoms with Crippen LogP contribution in [0.3, 0.4) is 0 Å². The highest BCUT2D eigenvalue weighted by Gasteiger charge is 1.88. The molecular formula is C8H12N2. The van der Waals surface area contributed by atoms with Crippen LogP contribution in [0.2, 0.25) is 0 Å². The van der Waals surface area contributed by atoms with Crippen LogP contribution in [0.4, 0.5) is 0 Å². The van der Waals surface area contributed by atoms with Gasteiger partial charge in [0.05, 0.1) is 0 Å². The van der Waals surface area contributed by atoms with Gasteiger partial charge in [-0.25, -0.2) is 0 Å². The third-order valence-corrected chi connectivity index (χ3v) is 1.02. The van der Waals surface area contributed by atoms with E-state index in [0.29, 0.717) is 0 Å². The molecule has 0 aliphatic carbocycles. The lowest BCUT2D eigenvalue weighted by Crippen LogP contribution is -2.10. The summed E-state index contributed by atoms with van der Waals surface area (Å²) in [6.07, 6.45) is -0.307. The van der Waals surface area contributed by atoms with Gasteiger partial charge in [0, 0.05) is 31.7 Å². The Hall–Kier alpha value is -0.890. The van der Waals surface area contributed by atoms with E-state index in [9.17, 15) is 0 Å². The predicted octanol–water partition coefficient (Wildman–Crippen LogP) is 0.843. The first kappa shape index (κ1) is 3.01. The molecule has 10 heavy (non-hydrogen) atoms. The molecular weight excluding hydrogens is 124 g/mol. The van der Waals surface area contributed by atoms with Crippen LogP contribution < -0.4 is 5.32 Å². The molecule has 0 saturated heterocycles. The van der Waals surface area contributed by atoms with Crippen molar-refractivity contribution >= 4 is 0 Å². The van der Waals surface area contributed by atoms with Crippen LogP contribution in [0.15, 0.2) is 24.4 Å². The monoisotopic (exact) mass is 141 g/mol. The van der Waals surface area contributed by atoms with Crippen LogP contribution in [0.25, 0.3) is 0 Å². The number of nitrogens with zero attached hydrogens (tertiary/aromatic N) is 1. The van der Waals surface area contributed by atoms with Crippen molar-refractivity contribution in [3.05, 3.63) is 30.1 Å². The van der Waals surface area contributed by atoms with Gasteiger partial charge in [0.2, 0.25) is 0 Å². The van der Waals surface area contributed by atoms with Crippen LogP contribution in [-0.4, -0.2) is 18.5 Å². The van der Waals surface area contributed by atoms with Crippen LogP contribution in [0.5, 0.6) is 0 Å². The van der Waals surface area contributed by atoms with Crippen LogP contribution in [0, 0.1) is 0 Å². The fourth-order valence-corrected chi connectivity index (χ4v) is 0.602. The van der Waals surface area contributed by atoms with Gasteiger partial charge in [-0.15, -0.1) is 0 Å². The molecule has 0 aromatic carbocycles. The summed E-state index contributed by atoms with van der Waals surface area (Å²) in [5, 5.41) is 2.15. The Morgan fingerprint density at radius 1 is 1.80 bits per heavy atom. The minimum atomic E-state index is -2.33. The maximum Gasteiger partial charge on any atom is 0.0416 e. The lowest BCUT2D eigenvalue weighted by molar-refractivity contribution is 0.776. The molecule has 1 aromatic heterocycles. The minimum absolute atomic E-state index is 0.224. The largest absolute Gasteiger partial charge is 0.319 e. The number of likely N-dealkylation sites (N-methyl/N-ethyl adjacent to an activating group) is 1. The smallest absolute Gasteiger partial charge is 0.0416 e. The van der Waals surface area contributed by atoms with Gasteiger partial charge in [0.15, 0.2) is 0 Å². The van der Waals surface area contributed by atoms with E-state index < -0.39 is 13.3 Å². The molecule has 0 spiro atoms. The topological polar surface area (TPSA) is 24.9 Å². The summed E-state index contributed by atoms with van der Waals surface area (Å²) < 4.78 is 36.0. The molecule has 0 radical (unpaired) electrons. The molecule has 0 aliphatic rings. The maximum absolute atomic E-state index is 7.64. The molecule has 2 heteroatoms. The van der Waals surface area contributed by atoms with E-state index in [2.05, 4.69) is 10.3 Å². The number of hydrogen-bond donors (Lipinski definition) is 1. The third kappa shape index (κ3) is 2.15. The SMILES string of the molecule is [2H]C([2H])([2H])NCC([2H])([2H])c1ccccn1. The maximum atomic E-state index is 7.64. The Bertz CT molecular complexity index is 309. The molecule has 0 aliphatic heterocycles. The van der Waals surface area contributed by atoms with Crippen LogP contribution >= 0.6 is 0 Å². The van der Waals surface area contributed by atoms with Crippen molar-refractivity contribution in [1.29, 1.82) is 0 Å². The molecule has 0 unspecified atom stereocenters. The summed E-state index contributed by atoms with van der Waals surface area (Å²) in [5.41, 5.74) is 0.224. The van der Waals surface area contributed by atoms with E-state index in [1.807, 2.05) is 0 Å². The van der Waals surface area contributed by atoms with Gasteiger partial charge in [-0.3, -0.25) is 4.98 Å². The third-order valence-electron chi connectivity index (χ3n) is 1.02. The summed E-state index contributed by atoms with van der Waals surface area (Å²) in [4.78, 5) is 3.85. The van der Waals surface area contributed by atoms with E-state index in [1.54, 1.807) is 12.1 Å². The van der Waals surface area contributed by atoms with Crippen molar-refractivity contribution in [2.45, 2.75) is 6.37 Å². The molecule has 0 fully saturated rings. The second-order valence-electron chi connectivity index (χ2n) is 1.75. The molecule has 2 nitrogen and oxygen atoms in total. The highest BCUT2D eigenvalue weighted by atomic mass is 14.8. The average Bonchev–Trinajstić information content (AvgIpc) is 2.16. The molecule has 1 N–H and O–H groups in total. The highest BCUT2D eigenvalue weighted by Crippen LogP contribution is 1.92. The highest BCUT2D eigenvalue weighted by molar-refractivity contribution is 5.03. The molecule has 0 saturated carbocycles. The van der Waals surface area contributed by atoms with Crippen molar-refractivity contribution in [3.8, 4) is 0 Å². The molecule has 1 heterocycles. The number of hydrogen-bond acceptors (Lipinski definition) is 2. The summed E-state index contributed by atoms with van der Waals surface area (Å²) in [7, 11) is 0. The van der Waals surface area contributed by atoms with Crippen molar-refractivity contribution in [2.75, 3.05) is 13.5 Å². The molecule has 0 amide bonds. The Morgan fingerprint density at radius 2 is 2.80 bits per heavy atom. The molecule has 1 aromatic rings. The lowest BCUT2D eigenvalue weighted by Gasteiger charge is -1.96. The summed E-state index contributed by atoms with van der Waals surface area (Å²) >= 11 is 0. The molecule has 0 bridgehead atoms. The van der Waals surface area contributed by atoms with Crippen molar-refractivity contribution < 1.29 is 6.85 Å². The zero-order valence-electron chi connectivity index (χ0n) is 10.5.